The number of carbonyl (C=O) groups is 1. The van der Waals surface area contributed by atoms with Gasteiger partial charge in [-0.1, -0.05) is 60.2 Å². The van der Waals surface area contributed by atoms with Gasteiger partial charge in [-0.3, -0.25) is 9.69 Å². The average molecular weight is 672 g/mol. The first-order valence-corrected chi connectivity index (χ1v) is 16.9. The van der Waals surface area contributed by atoms with Crippen LogP contribution >= 0.6 is 0 Å². The molecule has 2 heterocycles. The fourth-order valence-corrected chi connectivity index (χ4v) is 5.66. The molecule has 1 fully saturated rings. The molecule has 6 rings (SSSR count). The lowest BCUT2D eigenvalue weighted by atomic mass is 10.1. The molecule has 0 saturated carbocycles. The monoisotopic (exact) mass is 671 g/mol. The molecule has 1 aromatic heterocycles. The van der Waals surface area contributed by atoms with E-state index in [4.69, 9.17) is 14.2 Å². The zero-order valence-electron chi connectivity index (χ0n) is 28.6. The first-order valence-electron chi connectivity index (χ1n) is 16.9. The summed E-state index contributed by atoms with van der Waals surface area (Å²) in [6.45, 7) is 8.95. The zero-order valence-corrected chi connectivity index (χ0v) is 28.6. The second-order valence-electron chi connectivity index (χ2n) is 12.5. The Labute approximate surface area is 293 Å². The molecule has 50 heavy (non-hydrogen) atoms. The minimum absolute atomic E-state index is 0.0190. The molecule has 5 aromatic rings. The van der Waals surface area contributed by atoms with Crippen LogP contribution in [-0.4, -0.2) is 53.5 Å². The predicted octanol–water partition coefficient (Wildman–Crippen LogP) is 8.19. The summed E-state index contributed by atoms with van der Waals surface area (Å²) < 4.78 is 30.6. The van der Waals surface area contributed by atoms with Gasteiger partial charge in [0, 0.05) is 51.3 Å². The summed E-state index contributed by atoms with van der Waals surface area (Å²) in [7, 11) is 0. The third-order valence-electron chi connectivity index (χ3n) is 8.69. The number of halogens is 1. The Morgan fingerprint density at radius 1 is 0.760 bits per heavy atom. The summed E-state index contributed by atoms with van der Waals surface area (Å²) in [5, 5.41) is 0. The molecule has 0 N–H and O–H groups in total. The summed E-state index contributed by atoms with van der Waals surface area (Å²) in [5.74, 6) is 2.25. The lowest BCUT2D eigenvalue weighted by Crippen LogP contribution is -2.47. The van der Waals surface area contributed by atoms with Crippen molar-refractivity contribution in [2.24, 2.45) is 0 Å². The van der Waals surface area contributed by atoms with Crippen LogP contribution in [-0.2, 0) is 24.4 Å². The molecule has 8 heteroatoms. The van der Waals surface area contributed by atoms with Crippen LogP contribution < -0.4 is 14.2 Å². The molecular weight excluding hydrogens is 629 g/mol. The number of piperazine rings is 1. The number of amides is 1. The molecule has 4 aromatic carbocycles. The molecule has 0 unspecified atom stereocenters. The summed E-state index contributed by atoms with van der Waals surface area (Å²) in [4.78, 5) is 21.7. The van der Waals surface area contributed by atoms with Crippen molar-refractivity contribution in [3.8, 4) is 23.1 Å². The van der Waals surface area contributed by atoms with Crippen molar-refractivity contribution in [3.05, 3.63) is 155 Å². The van der Waals surface area contributed by atoms with Crippen LogP contribution in [0.25, 0.3) is 6.08 Å². The van der Waals surface area contributed by atoms with E-state index in [1.54, 1.807) is 30.5 Å². The third-order valence-corrected chi connectivity index (χ3v) is 8.69. The van der Waals surface area contributed by atoms with Crippen LogP contribution in [0, 0.1) is 19.7 Å². The van der Waals surface area contributed by atoms with Gasteiger partial charge in [0.15, 0.2) is 0 Å². The van der Waals surface area contributed by atoms with Crippen molar-refractivity contribution in [2.45, 2.75) is 33.4 Å². The first-order chi connectivity index (χ1) is 24.4. The van der Waals surface area contributed by atoms with E-state index in [1.807, 2.05) is 42.2 Å². The normalized spacial score (nSPS) is 13.4. The number of rotatable bonds is 13. The van der Waals surface area contributed by atoms with Crippen LogP contribution in [0.15, 0.2) is 115 Å². The molecule has 0 aliphatic carbocycles. The Morgan fingerprint density at radius 3 is 2.14 bits per heavy atom. The number of hydrogen-bond donors (Lipinski definition) is 0. The zero-order chi connectivity index (χ0) is 34.7. The van der Waals surface area contributed by atoms with Gasteiger partial charge in [0.25, 0.3) is 0 Å². The Morgan fingerprint density at radius 2 is 1.44 bits per heavy atom. The Balaban J connectivity index is 0.911. The highest BCUT2D eigenvalue weighted by atomic mass is 19.1. The van der Waals surface area contributed by atoms with Crippen molar-refractivity contribution < 1.29 is 23.4 Å². The summed E-state index contributed by atoms with van der Waals surface area (Å²) in [6, 6.07) is 32.3. The summed E-state index contributed by atoms with van der Waals surface area (Å²) >= 11 is 0. The number of pyridine rings is 1. The molecule has 7 nitrogen and oxygen atoms in total. The maximum Gasteiger partial charge on any atom is 0.246 e. The number of ether oxygens (including phenoxy) is 3. The van der Waals surface area contributed by atoms with Gasteiger partial charge in [-0.25, -0.2) is 9.37 Å². The van der Waals surface area contributed by atoms with E-state index in [2.05, 4.69) is 65.3 Å². The molecular formula is C42H42FN3O4. The van der Waals surface area contributed by atoms with Gasteiger partial charge in [-0.2, -0.15) is 0 Å². The molecule has 1 saturated heterocycles. The largest absolute Gasteiger partial charge is 0.493 e. The second-order valence-corrected chi connectivity index (χ2v) is 12.5. The molecule has 1 aliphatic heterocycles. The number of hydrogen-bond acceptors (Lipinski definition) is 6. The van der Waals surface area contributed by atoms with Crippen molar-refractivity contribution in [2.75, 3.05) is 32.8 Å². The van der Waals surface area contributed by atoms with Crippen LogP contribution in [0.5, 0.6) is 23.1 Å². The predicted molar refractivity (Wildman–Crippen MR) is 194 cm³/mol. The van der Waals surface area contributed by atoms with E-state index in [-0.39, 0.29) is 11.7 Å². The van der Waals surface area contributed by atoms with Gasteiger partial charge >= 0.3 is 0 Å². The van der Waals surface area contributed by atoms with Crippen LogP contribution in [0.4, 0.5) is 4.39 Å². The molecule has 1 aliphatic rings. The molecule has 0 radical (unpaired) electrons. The number of carbonyl (C=O) groups excluding carboxylic acids is 1. The van der Waals surface area contributed by atoms with Crippen molar-refractivity contribution >= 4 is 12.0 Å². The second kappa shape index (κ2) is 16.8. The van der Waals surface area contributed by atoms with Crippen molar-refractivity contribution in [3.63, 3.8) is 0 Å². The summed E-state index contributed by atoms with van der Waals surface area (Å²) in [5.41, 5.74) is 6.72. The Kier molecular flexibility index (Phi) is 11.5. The Hall–Kier alpha value is -5.47. The standard InChI is InChI=1S/C42H42FN3O4/c1-31-3-5-35(6-4-31)30-49-40-18-19-41(44-28-40)50-39-15-11-36(32(2)27-39)12-20-42(47)46-24-22-45(23-25-46)29-34-9-7-33(8-10-34)21-26-48-38-16-13-37(43)14-17-38/h3-20,27-28H,21-26,29-30H2,1-2H3/b20-12+. The van der Waals surface area contributed by atoms with E-state index in [9.17, 15) is 9.18 Å². The van der Waals surface area contributed by atoms with Gasteiger partial charge in [0.1, 0.15) is 29.7 Å². The fraction of sp³-hybridized carbons (Fsp3) is 0.238. The van der Waals surface area contributed by atoms with Gasteiger partial charge < -0.3 is 19.1 Å². The maximum absolute atomic E-state index is 13.1. The van der Waals surface area contributed by atoms with Crippen LogP contribution in [0.3, 0.4) is 0 Å². The SMILES string of the molecule is Cc1ccc(COc2ccc(Oc3ccc(/C=C/C(=O)N4CCN(Cc5ccc(CCOc6ccc(F)cc6)cc5)CC4)c(C)c3)nc2)cc1. The smallest absolute Gasteiger partial charge is 0.246 e. The molecule has 1 amide bonds. The Bertz CT molecular complexity index is 1870. The van der Waals surface area contributed by atoms with E-state index in [0.717, 1.165) is 42.7 Å². The highest BCUT2D eigenvalue weighted by Gasteiger charge is 2.19. The highest BCUT2D eigenvalue weighted by molar-refractivity contribution is 5.92. The number of benzene rings is 4. The lowest BCUT2D eigenvalue weighted by Gasteiger charge is -2.34. The van der Waals surface area contributed by atoms with E-state index >= 15 is 0 Å². The van der Waals surface area contributed by atoms with Crippen molar-refractivity contribution in [1.82, 2.24) is 14.8 Å². The number of aryl methyl sites for hydroxylation is 2. The molecule has 0 spiro atoms. The van der Waals surface area contributed by atoms with E-state index < -0.39 is 0 Å². The molecule has 0 atom stereocenters. The van der Waals surface area contributed by atoms with Gasteiger partial charge in [0.05, 0.1) is 12.8 Å². The van der Waals surface area contributed by atoms with E-state index in [0.29, 0.717) is 49.4 Å². The van der Waals surface area contributed by atoms with E-state index in [1.165, 1.54) is 28.8 Å². The highest BCUT2D eigenvalue weighted by Crippen LogP contribution is 2.25. The van der Waals surface area contributed by atoms with Crippen LogP contribution in [0.1, 0.15) is 33.4 Å². The van der Waals surface area contributed by atoms with Crippen LogP contribution in [0.2, 0.25) is 0 Å². The first kappa shape index (κ1) is 34.4. The number of aromatic nitrogens is 1. The van der Waals surface area contributed by atoms with Gasteiger partial charge in [-0.15, -0.1) is 0 Å². The maximum atomic E-state index is 13.1. The lowest BCUT2D eigenvalue weighted by molar-refractivity contribution is -0.127. The third kappa shape index (κ3) is 10.0. The topological polar surface area (TPSA) is 64.1 Å². The molecule has 256 valence electrons. The fourth-order valence-electron chi connectivity index (χ4n) is 5.66. The minimum Gasteiger partial charge on any atom is -0.493 e. The quantitative estimate of drug-likeness (QED) is 0.118. The minimum atomic E-state index is -0.268. The number of nitrogens with zero attached hydrogens (tertiary/aromatic N) is 3. The van der Waals surface area contributed by atoms with Crippen molar-refractivity contribution in [1.29, 1.82) is 0 Å². The van der Waals surface area contributed by atoms with Gasteiger partial charge in [0.2, 0.25) is 11.8 Å². The average Bonchev–Trinajstić information content (AvgIpc) is 3.13. The molecule has 0 bridgehead atoms. The summed E-state index contributed by atoms with van der Waals surface area (Å²) in [6.07, 6.45) is 5.97. The van der Waals surface area contributed by atoms with Gasteiger partial charge in [-0.05, 0) is 90.2 Å².